The SMILES string of the molecule is O=C1COC(O)(O)CN1c1ccc([N+](=O)[O-])cc1. The molecule has 18 heavy (non-hydrogen) atoms. The van der Waals surface area contributed by atoms with E-state index in [1.807, 2.05) is 0 Å². The number of nitro benzene ring substituents is 1. The van der Waals surface area contributed by atoms with Gasteiger partial charge in [-0.1, -0.05) is 0 Å². The number of hydrogen-bond acceptors (Lipinski definition) is 6. The van der Waals surface area contributed by atoms with E-state index in [0.29, 0.717) is 5.69 Å². The van der Waals surface area contributed by atoms with Crippen LogP contribution in [0.25, 0.3) is 0 Å². The van der Waals surface area contributed by atoms with Crippen LogP contribution >= 0.6 is 0 Å². The number of aliphatic hydroxyl groups is 2. The number of anilines is 1. The van der Waals surface area contributed by atoms with Gasteiger partial charge in [-0.25, -0.2) is 0 Å². The fraction of sp³-hybridized carbons (Fsp3) is 0.300. The van der Waals surface area contributed by atoms with Crippen molar-refractivity contribution < 1.29 is 24.7 Å². The Morgan fingerprint density at radius 2 is 1.94 bits per heavy atom. The average molecular weight is 254 g/mol. The second-order valence-corrected chi connectivity index (χ2v) is 3.79. The third-order valence-corrected chi connectivity index (χ3v) is 2.46. The number of ether oxygens (including phenoxy) is 1. The van der Waals surface area contributed by atoms with Crippen molar-refractivity contribution in [2.24, 2.45) is 0 Å². The smallest absolute Gasteiger partial charge is 0.297 e. The summed E-state index contributed by atoms with van der Waals surface area (Å²) < 4.78 is 4.50. The molecule has 1 aliphatic heterocycles. The fourth-order valence-electron chi connectivity index (χ4n) is 1.58. The molecule has 0 spiro atoms. The minimum Gasteiger partial charge on any atom is -0.342 e. The lowest BCUT2D eigenvalue weighted by Gasteiger charge is -2.34. The number of morpholine rings is 1. The quantitative estimate of drug-likeness (QED) is 0.421. The molecule has 96 valence electrons. The second kappa shape index (κ2) is 4.33. The molecule has 0 aliphatic carbocycles. The van der Waals surface area contributed by atoms with Crippen molar-refractivity contribution in [2.75, 3.05) is 18.1 Å². The van der Waals surface area contributed by atoms with Crippen LogP contribution in [0.3, 0.4) is 0 Å². The molecule has 1 aromatic rings. The number of carbonyl (C=O) groups is 1. The van der Waals surface area contributed by atoms with Crippen LogP contribution in [0, 0.1) is 10.1 Å². The number of carbonyl (C=O) groups excluding carboxylic acids is 1. The highest BCUT2D eigenvalue weighted by Crippen LogP contribution is 2.23. The van der Waals surface area contributed by atoms with Crippen molar-refractivity contribution in [3.63, 3.8) is 0 Å². The molecule has 0 bridgehead atoms. The maximum Gasteiger partial charge on any atom is 0.297 e. The molecule has 0 saturated carbocycles. The third-order valence-electron chi connectivity index (χ3n) is 2.46. The Bertz CT molecular complexity index is 484. The highest BCUT2D eigenvalue weighted by molar-refractivity contribution is 5.95. The first-order valence-electron chi connectivity index (χ1n) is 5.02. The minimum atomic E-state index is -2.41. The molecule has 1 saturated heterocycles. The molecule has 0 radical (unpaired) electrons. The predicted molar refractivity (Wildman–Crippen MR) is 58.6 cm³/mol. The van der Waals surface area contributed by atoms with E-state index in [2.05, 4.69) is 4.74 Å². The van der Waals surface area contributed by atoms with Gasteiger partial charge in [-0.05, 0) is 12.1 Å². The molecule has 2 N–H and O–H groups in total. The van der Waals surface area contributed by atoms with Crippen molar-refractivity contribution >= 4 is 17.3 Å². The summed E-state index contributed by atoms with van der Waals surface area (Å²) in [7, 11) is 0. The molecule has 0 atom stereocenters. The zero-order valence-corrected chi connectivity index (χ0v) is 9.15. The standard InChI is InChI=1S/C10H10N2O6/c13-9-5-18-10(14,15)6-11(9)7-1-3-8(4-2-7)12(16)17/h1-4,14-15H,5-6H2. The summed E-state index contributed by atoms with van der Waals surface area (Å²) in [5, 5.41) is 29.1. The zero-order valence-electron chi connectivity index (χ0n) is 9.15. The number of β-amino-alcohol motifs (C(OH)–C–C–N with tert-alkyl or cyclic N) is 2. The lowest BCUT2D eigenvalue weighted by atomic mass is 10.2. The second-order valence-electron chi connectivity index (χ2n) is 3.79. The van der Waals surface area contributed by atoms with Gasteiger partial charge in [-0.3, -0.25) is 14.9 Å². The number of non-ortho nitro benzene ring substituents is 1. The molecular weight excluding hydrogens is 244 g/mol. The van der Waals surface area contributed by atoms with Gasteiger partial charge >= 0.3 is 0 Å². The Labute approximate surface area is 101 Å². The van der Waals surface area contributed by atoms with Crippen LogP contribution in [-0.4, -0.2) is 40.2 Å². The van der Waals surface area contributed by atoms with Crippen LogP contribution < -0.4 is 4.90 Å². The van der Waals surface area contributed by atoms with Gasteiger partial charge in [0.1, 0.15) is 13.2 Å². The van der Waals surface area contributed by atoms with Gasteiger partial charge in [-0.2, -0.15) is 0 Å². The Kier molecular flexibility index (Phi) is 2.99. The molecule has 1 fully saturated rings. The Balaban J connectivity index is 2.24. The first kappa shape index (κ1) is 12.4. The zero-order chi connectivity index (χ0) is 13.3. The fourth-order valence-corrected chi connectivity index (χ4v) is 1.58. The maximum atomic E-state index is 11.5. The summed E-state index contributed by atoms with van der Waals surface area (Å²) in [6, 6.07) is 5.18. The molecule has 8 heteroatoms. The van der Waals surface area contributed by atoms with Crippen LogP contribution in [0.4, 0.5) is 11.4 Å². The van der Waals surface area contributed by atoms with E-state index in [-0.39, 0.29) is 5.69 Å². The van der Waals surface area contributed by atoms with E-state index in [4.69, 9.17) is 0 Å². The monoisotopic (exact) mass is 254 g/mol. The van der Waals surface area contributed by atoms with Gasteiger partial charge in [0.25, 0.3) is 17.6 Å². The summed E-state index contributed by atoms with van der Waals surface area (Å²) >= 11 is 0. The molecular formula is C10H10N2O6. The lowest BCUT2D eigenvalue weighted by molar-refractivity contribution is -0.384. The summed E-state index contributed by atoms with van der Waals surface area (Å²) in [5.74, 6) is -2.86. The molecule has 1 heterocycles. The Morgan fingerprint density at radius 3 is 2.50 bits per heavy atom. The van der Waals surface area contributed by atoms with Crippen molar-refractivity contribution in [3.8, 4) is 0 Å². The molecule has 1 aromatic carbocycles. The minimum absolute atomic E-state index is 0.112. The van der Waals surface area contributed by atoms with Crippen LogP contribution in [0.15, 0.2) is 24.3 Å². The largest absolute Gasteiger partial charge is 0.342 e. The van der Waals surface area contributed by atoms with Crippen LogP contribution in [-0.2, 0) is 9.53 Å². The van der Waals surface area contributed by atoms with E-state index in [1.165, 1.54) is 24.3 Å². The summed E-state index contributed by atoms with van der Waals surface area (Å²) in [5.41, 5.74) is 0.222. The number of nitrogens with zero attached hydrogens (tertiary/aromatic N) is 2. The lowest BCUT2D eigenvalue weighted by Crippen LogP contribution is -2.54. The topological polar surface area (TPSA) is 113 Å². The number of hydrogen-bond donors (Lipinski definition) is 2. The predicted octanol–water partition coefficient (Wildman–Crippen LogP) is -0.404. The van der Waals surface area contributed by atoms with Crippen molar-refractivity contribution in [1.29, 1.82) is 0 Å². The van der Waals surface area contributed by atoms with E-state index in [0.717, 1.165) is 4.90 Å². The van der Waals surface area contributed by atoms with E-state index < -0.39 is 30.0 Å². The maximum absolute atomic E-state index is 11.5. The summed E-state index contributed by atoms with van der Waals surface area (Å²) in [4.78, 5) is 22.6. The molecule has 2 rings (SSSR count). The number of rotatable bonds is 2. The van der Waals surface area contributed by atoms with Crippen molar-refractivity contribution in [3.05, 3.63) is 34.4 Å². The van der Waals surface area contributed by atoms with E-state index in [1.54, 1.807) is 0 Å². The number of amides is 1. The number of nitro groups is 1. The molecule has 0 aromatic heterocycles. The van der Waals surface area contributed by atoms with Gasteiger partial charge in [0.05, 0.1) is 4.92 Å². The molecule has 0 unspecified atom stereocenters. The Morgan fingerprint density at radius 1 is 1.33 bits per heavy atom. The first-order chi connectivity index (χ1) is 8.39. The van der Waals surface area contributed by atoms with E-state index in [9.17, 15) is 25.1 Å². The van der Waals surface area contributed by atoms with Gasteiger partial charge in [0.15, 0.2) is 0 Å². The molecule has 1 aliphatic rings. The third kappa shape index (κ3) is 2.45. The average Bonchev–Trinajstić information content (AvgIpc) is 2.32. The highest BCUT2D eigenvalue weighted by atomic mass is 16.8. The molecule has 1 amide bonds. The highest BCUT2D eigenvalue weighted by Gasteiger charge is 2.37. The van der Waals surface area contributed by atoms with Gasteiger partial charge in [-0.15, -0.1) is 0 Å². The van der Waals surface area contributed by atoms with Crippen molar-refractivity contribution in [1.82, 2.24) is 0 Å². The van der Waals surface area contributed by atoms with Crippen LogP contribution in [0.5, 0.6) is 0 Å². The van der Waals surface area contributed by atoms with Crippen LogP contribution in [0.1, 0.15) is 0 Å². The van der Waals surface area contributed by atoms with E-state index >= 15 is 0 Å². The van der Waals surface area contributed by atoms with Crippen molar-refractivity contribution in [2.45, 2.75) is 5.97 Å². The van der Waals surface area contributed by atoms with Gasteiger partial charge < -0.3 is 19.8 Å². The van der Waals surface area contributed by atoms with Gasteiger partial charge in [0.2, 0.25) is 0 Å². The Hall–Kier alpha value is -2.03. The normalized spacial score (nSPS) is 18.8. The van der Waals surface area contributed by atoms with Crippen LogP contribution in [0.2, 0.25) is 0 Å². The molecule has 8 nitrogen and oxygen atoms in total. The summed E-state index contributed by atoms with van der Waals surface area (Å²) in [6.45, 7) is -0.923. The van der Waals surface area contributed by atoms with Gasteiger partial charge in [0, 0.05) is 17.8 Å². The number of benzene rings is 1. The first-order valence-corrected chi connectivity index (χ1v) is 5.02. The summed E-state index contributed by atoms with van der Waals surface area (Å²) in [6.07, 6.45) is 0.